The minimum absolute atomic E-state index is 0.243. The molecule has 0 spiro atoms. The van der Waals surface area contributed by atoms with Crippen LogP contribution in [0.4, 0.5) is 9.18 Å². The summed E-state index contributed by atoms with van der Waals surface area (Å²) in [5.41, 5.74) is 5.85. The summed E-state index contributed by atoms with van der Waals surface area (Å²) in [5.74, 6) is -0.275. The average Bonchev–Trinajstić information content (AvgIpc) is 2.19. The van der Waals surface area contributed by atoms with Crippen LogP contribution >= 0.6 is 0 Å². The van der Waals surface area contributed by atoms with Gasteiger partial charge in [0.1, 0.15) is 11.9 Å². The van der Waals surface area contributed by atoms with Crippen LogP contribution in [0.2, 0.25) is 0 Å². The highest BCUT2D eigenvalue weighted by Gasteiger charge is 2.10. The van der Waals surface area contributed by atoms with Gasteiger partial charge in [-0.2, -0.15) is 0 Å². The van der Waals surface area contributed by atoms with Crippen LogP contribution < -0.4 is 5.73 Å². The summed E-state index contributed by atoms with van der Waals surface area (Å²) in [7, 11) is 0. The minimum atomic E-state index is -0.774. The molecule has 1 unspecified atom stereocenters. The molecule has 0 heterocycles. The maximum atomic E-state index is 12.6. The third kappa shape index (κ3) is 3.97. The Hall–Kier alpha value is -1.58. The zero-order valence-corrected chi connectivity index (χ0v) is 8.57. The predicted octanol–water partition coefficient (Wildman–Crippen LogP) is 2.24. The van der Waals surface area contributed by atoms with Gasteiger partial charge in [0.25, 0.3) is 0 Å². The zero-order valence-electron chi connectivity index (χ0n) is 8.57. The number of halogens is 1. The van der Waals surface area contributed by atoms with Crippen LogP contribution in [0.15, 0.2) is 24.3 Å². The quantitative estimate of drug-likeness (QED) is 0.830. The van der Waals surface area contributed by atoms with Crippen LogP contribution in [0, 0.1) is 5.82 Å². The maximum Gasteiger partial charge on any atom is 0.404 e. The summed E-state index contributed by atoms with van der Waals surface area (Å²) in [5, 5.41) is 0. The number of carbonyl (C=O) groups excluding carboxylic acids is 1. The number of carbonyl (C=O) groups is 1. The van der Waals surface area contributed by atoms with E-state index in [4.69, 9.17) is 10.5 Å². The lowest BCUT2D eigenvalue weighted by atomic mass is 10.1. The number of rotatable bonds is 4. The Morgan fingerprint density at radius 2 is 2.07 bits per heavy atom. The Morgan fingerprint density at radius 3 is 2.53 bits per heavy atom. The van der Waals surface area contributed by atoms with Crippen molar-refractivity contribution >= 4 is 6.09 Å². The molecule has 1 rings (SSSR count). The van der Waals surface area contributed by atoms with Gasteiger partial charge in [-0.1, -0.05) is 19.1 Å². The van der Waals surface area contributed by atoms with E-state index in [0.717, 1.165) is 5.56 Å². The fraction of sp³-hybridized carbons (Fsp3) is 0.364. The number of ether oxygens (including phenoxy) is 1. The molecular formula is C11H14FNO2. The van der Waals surface area contributed by atoms with E-state index >= 15 is 0 Å². The second-order valence-corrected chi connectivity index (χ2v) is 3.30. The van der Waals surface area contributed by atoms with E-state index in [1.807, 2.05) is 6.92 Å². The Morgan fingerprint density at radius 1 is 1.47 bits per heavy atom. The van der Waals surface area contributed by atoms with Gasteiger partial charge in [0, 0.05) is 6.42 Å². The van der Waals surface area contributed by atoms with Crippen LogP contribution in [-0.2, 0) is 11.2 Å². The van der Waals surface area contributed by atoms with Crippen LogP contribution in [-0.4, -0.2) is 12.2 Å². The smallest absolute Gasteiger partial charge is 0.404 e. The first-order chi connectivity index (χ1) is 7.11. The zero-order chi connectivity index (χ0) is 11.3. The van der Waals surface area contributed by atoms with Gasteiger partial charge in [0.05, 0.1) is 0 Å². The Balaban J connectivity index is 2.58. The lowest BCUT2D eigenvalue weighted by Crippen LogP contribution is -2.23. The van der Waals surface area contributed by atoms with E-state index in [1.165, 1.54) is 12.1 Å². The van der Waals surface area contributed by atoms with Crippen molar-refractivity contribution in [3.63, 3.8) is 0 Å². The molecular weight excluding hydrogens is 197 g/mol. The van der Waals surface area contributed by atoms with Crippen molar-refractivity contribution in [1.82, 2.24) is 0 Å². The highest BCUT2D eigenvalue weighted by molar-refractivity contribution is 5.64. The van der Waals surface area contributed by atoms with Crippen molar-refractivity contribution in [2.45, 2.75) is 25.9 Å². The van der Waals surface area contributed by atoms with Crippen LogP contribution in [0.3, 0.4) is 0 Å². The second-order valence-electron chi connectivity index (χ2n) is 3.30. The fourth-order valence-corrected chi connectivity index (χ4v) is 1.32. The summed E-state index contributed by atoms with van der Waals surface area (Å²) in [4.78, 5) is 10.6. The molecule has 0 saturated heterocycles. The Kier molecular flexibility index (Phi) is 4.09. The molecule has 1 atom stereocenters. The molecule has 0 fully saturated rings. The van der Waals surface area contributed by atoms with E-state index in [2.05, 4.69) is 0 Å². The van der Waals surface area contributed by atoms with E-state index in [9.17, 15) is 9.18 Å². The topological polar surface area (TPSA) is 52.3 Å². The molecule has 15 heavy (non-hydrogen) atoms. The molecule has 0 radical (unpaired) electrons. The number of primary amides is 1. The number of hydrogen-bond donors (Lipinski definition) is 1. The minimum Gasteiger partial charge on any atom is -0.446 e. The summed E-state index contributed by atoms with van der Waals surface area (Å²) < 4.78 is 17.5. The van der Waals surface area contributed by atoms with E-state index in [1.54, 1.807) is 12.1 Å². The van der Waals surface area contributed by atoms with Crippen molar-refractivity contribution in [1.29, 1.82) is 0 Å². The molecule has 0 aliphatic rings. The number of nitrogens with two attached hydrogens (primary N) is 1. The van der Waals surface area contributed by atoms with Crippen LogP contribution in [0.25, 0.3) is 0 Å². The van der Waals surface area contributed by atoms with Gasteiger partial charge in [-0.3, -0.25) is 0 Å². The molecule has 0 aliphatic heterocycles. The first-order valence-corrected chi connectivity index (χ1v) is 4.82. The van der Waals surface area contributed by atoms with Gasteiger partial charge >= 0.3 is 6.09 Å². The molecule has 1 amide bonds. The number of hydrogen-bond acceptors (Lipinski definition) is 2. The van der Waals surface area contributed by atoms with E-state index in [-0.39, 0.29) is 11.9 Å². The van der Waals surface area contributed by atoms with Gasteiger partial charge < -0.3 is 10.5 Å². The lowest BCUT2D eigenvalue weighted by molar-refractivity contribution is 0.104. The van der Waals surface area contributed by atoms with Crippen LogP contribution in [0.1, 0.15) is 18.9 Å². The van der Waals surface area contributed by atoms with Crippen molar-refractivity contribution in [2.75, 3.05) is 0 Å². The molecule has 1 aromatic carbocycles. The fourth-order valence-electron chi connectivity index (χ4n) is 1.32. The Labute approximate surface area is 88.0 Å². The molecule has 0 saturated carbocycles. The standard InChI is InChI=1S/C11H14FNO2/c1-2-10(15-11(13)14)7-8-3-5-9(12)6-4-8/h3-6,10H,2,7H2,1H3,(H2,13,14). The molecule has 1 aromatic rings. The summed E-state index contributed by atoms with van der Waals surface area (Å²) in [6.07, 6.45) is 0.219. The van der Waals surface area contributed by atoms with Crippen molar-refractivity contribution < 1.29 is 13.9 Å². The largest absolute Gasteiger partial charge is 0.446 e. The predicted molar refractivity (Wildman–Crippen MR) is 54.9 cm³/mol. The van der Waals surface area contributed by atoms with Crippen molar-refractivity contribution in [3.8, 4) is 0 Å². The monoisotopic (exact) mass is 211 g/mol. The third-order valence-corrected chi connectivity index (χ3v) is 2.11. The molecule has 82 valence electrons. The average molecular weight is 211 g/mol. The molecule has 0 bridgehead atoms. The van der Waals surface area contributed by atoms with Crippen molar-refractivity contribution in [3.05, 3.63) is 35.6 Å². The first kappa shape index (κ1) is 11.5. The number of amides is 1. The van der Waals surface area contributed by atoms with Gasteiger partial charge in [-0.05, 0) is 24.1 Å². The summed E-state index contributed by atoms with van der Waals surface area (Å²) in [6.45, 7) is 1.90. The Bertz CT molecular complexity index is 324. The maximum absolute atomic E-state index is 12.6. The lowest BCUT2D eigenvalue weighted by Gasteiger charge is -2.14. The van der Waals surface area contributed by atoms with E-state index < -0.39 is 6.09 Å². The highest BCUT2D eigenvalue weighted by Crippen LogP contribution is 2.10. The van der Waals surface area contributed by atoms with Gasteiger partial charge in [0.2, 0.25) is 0 Å². The molecule has 4 heteroatoms. The second kappa shape index (κ2) is 5.34. The number of benzene rings is 1. The van der Waals surface area contributed by atoms with Gasteiger partial charge in [-0.25, -0.2) is 9.18 Å². The highest BCUT2D eigenvalue weighted by atomic mass is 19.1. The summed E-state index contributed by atoms with van der Waals surface area (Å²) >= 11 is 0. The molecule has 0 aromatic heterocycles. The van der Waals surface area contributed by atoms with Gasteiger partial charge in [-0.15, -0.1) is 0 Å². The SMILES string of the molecule is CCC(Cc1ccc(F)cc1)OC(N)=O. The summed E-state index contributed by atoms with van der Waals surface area (Å²) in [6, 6.07) is 6.10. The first-order valence-electron chi connectivity index (χ1n) is 4.82. The van der Waals surface area contributed by atoms with Crippen LogP contribution in [0.5, 0.6) is 0 Å². The van der Waals surface area contributed by atoms with E-state index in [0.29, 0.717) is 12.8 Å². The molecule has 2 N–H and O–H groups in total. The molecule has 0 aliphatic carbocycles. The van der Waals surface area contributed by atoms with Crippen molar-refractivity contribution in [2.24, 2.45) is 5.73 Å². The normalized spacial score (nSPS) is 12.1. The van der Waals surface area contributed by atoms with Gasteiger partial charge in [0.15, 0.2) is 0 Å². The molecule has 3 nitrogen and oxygen atoms in total. The third-order valence-electron chi connectivity index (χ3n) is 2.11.